The number of aromatic hydroxyl groups is 1. The Kier molecular flexibility index (Phi) is 2.43. The highest BCUT2D eigenvalue weighted by atomic mass is 16.6. The van der Waals surface area contributed by atoms with E-state index in [9.17, 15) is 25.3 Å². The molecule has 0 heterocycles. The van der Waals surface area contributed by atoms with E-state index in [4.69, 9.17) is 5.73 Å². The van der Waals surface area contributed by atoms with Crippen LogP contribution < -0.4 is 5.73 Å². The molecule has 0 spiro atoms. The van der Waals surface area contributed by atoms with E-state index in [1.165, 1.54) is 6.92 Å². The average Bonchev–Trinajstić information content (AvgIpc) is 2.13. The Morgan fingerprint density at radius 1 is 1.27 bits per heavy atom. The molecule has 0 aliphatic carbocycles. The van der Waals surface area contributed by atoms with Gasteiger partial charge in [-0.25, -0.2) is 0 Å². The summed E-state index contributed by atoms with van der Waals surface area (Å²) in [4.78, 5) is 19.2. The molecule has 1 rings (SSSR count). The van der Waals surface area contributed by atoms with Crippen LogP contribution in [-0.4, -0.2) is 15.0 Å². The number of nitrogen functional groups attached to an aromatic ring is 1. The van der Waals surface area contributed by atoms with Crippen molar-refractivity contribution in [1.82, 2.24) is 0 Å². The Balaban J connectivity index is 3.59. The van der Waals surface area contributed by atoms with Crippen LogP contribution in [0.3, 0.4) is 0 Å². The van der Waals surface area contributed by atoms with Gasteiger partial charge in [0.25, 0.3) is 5.69 Å². The van der Waals surface area contributed by atoms with Gasteiger partial charge in [0.05, 0.1) is 15.9 Å². The molecular formula is C7H7N3O5. The topological polar surface area (TPSA) is 133 Å². The molecule has 0 fully saturated rings. The molecule has 0 aliphatic heterocycles. The Morgan fingerprint density at radius 2 is 1.73 bits per heavy atom. The maximum absolute atomic E-state index is 10.5. The largest absolute Gasteiger partial charge is 0.502 e. The number of nitro groups is 2. The fourth-order valence-corrected chi connectivity index (χ4v) is 1.08. The molecule has 0 saturated heterocycles. The third kappa shape index (κ3) is 1.64. The molecule has 3 N–H and O–H groups in total. The summed E-state index contributed by atoms with van der Waals surface area (Å²) in [5, 5.41) is 30.2. The number of rotatable bonds is 2. The third-order valence-corrected chi connectivity index (χ3v) is 1.94. The molecule has 80 valence electrons. The molecule has 1 aromatic carbocycles. The summed E-state index contributed by atoms with van der Waals surface area (Å²) in [6.07, 6.45) is 0. The van der Waals surface area contributed by atoms with Gasteiger partial charge in [-0.3, -0.25) is 20.2 Å². The van der Waals surface area contributed by atoms with Crippen molar-refractivity contribution in [2.45, 2.75) is 6.92 Å². The highest BCUT2D eigenvalue weighted by molar-refractivity contribution is 5.73. The van der Waals surface area contributed by atoms with Gasteiger partial charge >= 0.3 is 5.69 Å². The molecule has 8 nitrogen and oxygen atoms in total. The predicted molar refractivity (Wildman–Crippen MR) is 50.6 cm³/mol. The second kappa shape index (κ2) is 3.40. The van der Waals surface area contributed by atoms with Crippen LogP contribution in [0, 0.1) is 27.2 Å². The Morgan fingerprint density at radius 3 is 2.13 bits per heavy atom. The van der Waals surface area contributed by atoms with Gasteiger partial charge in [-0.1, -0.05) is 0 Å². The quantitative estimate of drug-likeness (QED) is 0.429. The first kappa shape index (κ1) is 10.7. The summed E-state index contributed by atoms with van der Waals surface area (Å²) in [6.45, 7) is 1.27. The SMILES string of the molecule is Cc1c(N)c([N+](=O)[O-])cc([N+](=O)[O-])c1O. The summed E-state index contributed by atoms with van der Waals surface area (Å²) in [5.41, 5.74) is 3.67. The van der Waals surface area contributed by atoms with Gasteiger partial charge in [0.2, 0.25) is 0 Å². The van der Waals surface area contributed by atoms with Crippen molar-refractivity contribution in [2.75, 3.05) is 5.73 Å². The first-order chi connectivity index (χ1) is 6.86. The molecule has 0 atom stereocenters. The maximum atomic E-state index is 10.5. The number of nitro benzene ring substituents is 2. The minimum Gasteiger partial charge on any atom is -0.502 e. The minimum atomic E-state index is -0.908. The van der Waals surface area contributed by atoms with Crippen molar-refractivity contribution < 1.29 is 15.0 Å². The lowest BCUT2D eigenvalue weighted by Gasteiger charge is -2.04. The Labute approximate surface area is 83.2 Å². The third-order valence-electron chi connectivity index (χ3n) is 1.94. The van der Waals surface area contributed by atoms with E-state index in [1.807, 2.05) is 0 Å². The lowest BCUT2D eigenvalue weighted by atomic mass is 10.1. The highest BCUT2D eigenvalue weighted by Gasteiger charge is 2.26. The standard InChI is InChI=1S/C7H7N3O5/c1-3-6(8)4(9(12)13)2-5(7(3)11)10(14)15/h2,11H,8H2,1H3. The normalized spacial score (nSPS) is 9.93. The van der Waals surface area contributed by atoms with Crippen LogP contribution >= 0.6 is 0 Å². The van der Waals surface area contributed by atoms with Gasteiger partial charge in [0.15, 0.2) is 5.75 Å². The van der Waals surface area contributed by atoms with Crippen molar-refractivity contribution in [3.05, 3.63) is 31.9 Å². The van der Waals surface area contributed by atoms with Gasteiger partial charge in [-0.15, -0.1) is 0 Å². The maximum Gasteiger partial charge on any atom is 0.318 e. The predicted octanol–water partition coefficient (Wildman–Crippen LogP) is 1.10. The number of nitrogens with zero attached hydrogens (tertiary/aromatic N) is 2. The lowest BCUT2D eigenvalue weighted by molar-refractivity contribution is -0.394. The Hall–Kier alpha value is -2.38. The fourth-order valence-electron chi connectivity index (χ4n) is 1.08. The summed E-state index contributed by atoms with van der Waals surface area (Å²) >= 11 is 0. The molecule has 8 heteroatoms. The number of phenolic OH excluding ortho intramolecular Hbond substituents is 1. The van der Waals surface area contributed by atoms with Crippen molar-refractivity contribution in [3.63, 3.8) is 0 Å². The molecule has 0 radical (unpaired) electrons. The molecule has 0 aromatic heterocycles. The number of hydrogen-bond donors (Lipinski definition) is 2. The smallest absolute Gasteiger partial charge is 0.318 e. The van der Waals surface area contributed by atoms with Gasteiger partial charge in [0.1, 0.15) is 5.69 Å². The molecule has 1 aromatic rings. The van der Waals surface area contributed by atoms with Crippen LogP contribution in [0.25, 0.3) is 0 Å². The monoisotopic (exact) mass is 213 g/mol. The van der Waals surface area contributed by atoms with E-state index in [-0.39, 0.29) is 11.3 Å². The number of benzene rings is 1. The van der Waals surface area contributed by atoms with Crippen molar-refractivity contribution >= 4 is 17.1 Å². The zero-order valence-electron chi connectivity index (χ0n) is 7.63. The van der Waals surface area contributed by atoms with E-state index >= 15 is 0 Å². The van der Waals surface area contributed by atoms with Crippen LogP contribution in [0.1, 0.15) is 5.56 Å². The van der Waals surface area contributed by atoms with Crippen molar-refractivity contribution in [2.24, 2.45) is 0 Å². The average molecular weight is 213 g/mol. The van der Waals surface area contributed by atoms with E-state index in [2.05, 4.69) is 0 Å². The van der Waals surface area contributed by atoms with Gasteiger partial charge in [-0.05, 0) is 6.92 Å². The number of nitrogens with two attached hydrogens (primary N) is 1. The summed E-state index contributed by atoms with van der Waals surface area (Å²) in [6, 6.07) is 0.637. The number of hydrogen-bond acceptors (Lipinski definition) is 6. The Bertz CT molecular complexity index is 418. The molecule has 0 bridgehead atoms. The minimum absolute atomic E-state index is 0.0732. The molecule has 0 amide bonds. The van der Waals surface area contributed by atoms with Gasteiger partial charge in [0, 0.05) is 5.56 Å². The highest BCUT2D eigenvalue weighted by Crippen LogP contribution is 2.39. The van der Waals surface area contributed by atoms with Crippen LogP contribution in [0.5, 0.6) is 5.75 Å². The first-order valence-corrected chi connectivity index (χ1v) is 3.77. The van der Waals surface area contributed by atoms with E-state index in [0.29, 0.717) is 6.07 Å². The summed E-state index contributed by atoms with van der Waals surface area (Å²) in [5.74, 6) is -0.650. The second-order valence-corrected chi connectivity index (χ2v) is 2.82. The number of phenols is 1. The fraction of sp³-hybridized carbons (Fsp3) is 0.143. The zero-order chi connectivity index (χ0) is 11.7. The van der Waals surface area contributed by atoms with E-state index < -0.39 is 27.0 Å². The van der Waals surface area contributed by atoms with Crippen molar-refractivity contribution in [3.8, 4) is 5.75 Å². The van der Waals surface area contributed by atoms with Crippen LogP contribution in [0.15, 0.2) is 6.07 Å². The molecule has 0 aliphatic rings. The van der Waals surface area contributed by atoms with Gasteiger partial charge in [-0.2, -0.15) is 0 Å². The molecule has 0 unspecified atom stereocenters. The van der Waals surface area contributed by atoms with E-state index in [1.54, 1.807) is 0 Å². The van der Waals surface area contributed by atoms with Crippen LogP contribution in [-0.2, 0) is 0 Å². The lowest BCUT2D eigenvalue weighted by Crippen LogP contribution is -2.01. The number of anilines is 1. The van der Waals surface area contributed by atoms with Crippen LogP contribution in [0.4, 0.5) is 17.1 Å². The summed E-state index contributed by atoms with van der Waals surface area (Å²) < 4.78 is 0. The first-order valence-electron chi connectivity index (χ1n) is 3.77. The zero-order valence-corrected chi connectivity index (χ0v) is 7.63. The summed E-state index contributed by atoms with van der Waals surface area (Å²) in [7, 11) is 0. The van der Waals surface area contributed by atoms with Gasteiger partial charge < -0.3 is 10.8 Å². The molecule has 0 saturated carbocycles. The van der Waals surface area contributed by atoms with Crippen molar-refractivity contribution in [1.29, 1.82) is 0 Å². The molecule has 15 heavy (non-hydrogen) atoms. The van der Waals surface area contributed by atoms with E-state index in [0.717, 1.165) is 0 Å². The molecular weight excluding hydrogens is 206 g/mol. The second-order valence-electron chi connectivity index (χ2n) is 2.82. The van der Waals surface area contributed by atoms with Crippen LogP contribution in [0.2, 0.25) is 0 Å².